The summed E-state index contributed by atoms with van der Waals surface area (Å²) < 4.78 is 6.08. The van der Waals surface area contributed by atoms with E-state index in [-0.39, 0.29) is 28.9 Å². The maximum atomic E-state index is 10.6. The van der Waals surface area contributed by atoms with E-state index < -0.39 is 0 Å². The fraction of sp³-hybridized carbons (Fsp3) is 0.343. The molecule has 0 unspecified atom stereocenters. The minimum atomic E-state index is -0.106. The largest absolute Gasteiger partial charge is 0.507 e. The predicted octanol–water partition coefficient (Wildman–Crippen LogP) is 9.22. The van der Waals surface area contributed by atoms with Crippen molar-refractivity contribution in [2.24, 2.45) is 0 Å². The van der Waals surface area contributed by atoms with E-state index in [0.717, 1.165) is 39.9 Å². The number of unbranched alkanes of at least 4 members (excludes halogenated alkanes) is 9. The molecule has 1 heterocycles. The second-order valence-electron chi connectivity index (χ2n) is 10.7. The van der Waals surface area contributed by atoms with Gasteiger partial charge in [0.1, 0.15) is 17.1 Å². The van der Waals surface area contributed by atoms with E-state index >= 15 is 0 Å². The number of hydrogen-bond donors (Lipinski definition) is 2. The highest BCUT2D eigenvalue weighted by Gasteiger charge is 2.20. The first-order valence-corrected chi connectivity index (χ1v) is 15.0. The zero-order valence-electron chi connectivity index (χ0n) is 23.9. The minimum absolute atomic E-state index is 0.106. The van der Waals surface area contributed by atoms with E-state index in [2.05, 4.69) is 42.2 Å². The lowest BCUT2D eigenvalue weighted by Gasteiger charge is -2.14. The third kappa shape index (κ3) is 6.94. The molecule has 5 aromatic rings. The first-order valence-electron chi connectivity index (χ1n) is 15.0. The van der Waals surface area contributed by atoms with Crippen molar-refractivity contribution < 1.29 is 14.9 Å². The Balaban J connectivity index is 1.41. The number of phenolic OH excluding ortho intramolecular Hbond substituents is 2. The normalized spacial score (nSPS) is 11.3. The highest BCUT2D eigenvalue weighted by molar-refractivity contribution is 6.11. The first-order chi connectivity index (χ1) is 20.2. The number of ether oxygens (including phenoxy) is 1. The molecule has 0 amide bonds. The Kier molecular flexibility index (Phi) is 9.63. The quantitative estimate of drug-likeness (QED) is 0.106. The molecule has 4 aromatic carbocycles. The van der Waals surface area contributed by atoms with Crippen LogP contribution in [0.4, 0.5) is 0 Å². The number of benzene rings is 4. The highest BCUT2D eigenvalue weighted by atomic mass is 16.5. The van der Waals surface area contributed by atoms with Crippen molar-refractivity contribution >= 4 is 21.5 Å². The molecule has 6 nitrogen and oxygen atoms in total. The number of fused-ring (bicyclic) bond motifs is 2. The summed E-state index contributed by atoms with van der Waals surface area (Å²) in [6.07, 6.45) is 12.4. The van der Waals surface area contributed by atoms with Gasteiger partial charge < -0.3 is 14.9 Å². The second-order valence-corrected chi connectivity index (χ2v) is 10.7. The molecule has 0 radical (unpaired) electrons. The van der Waals surface area contributed by atoms with Gasteiger partial charge in [0.25, 0.3) is 0 Å². The third-order valence-corrected chi connectivity index (χ3v) is 7.58. The Morgan fingerprint density at radius 3 is 1.66 bits per heavy atom. The SMILES string of the molecule is CCCCCCCCCCCCOc1nc(-c2c(O)cccc2O)nc(-c2c3ccccc3cc3ccccc23)n1. The zero-order valence-corrected chi connectivity index (χ0v) is 23.9. The van der Waals surface area contributed by atoms with Crippen LogP contribution in [0, 0.1) is 0 Å². The monoisotopic (exact) mass is 549 g/mol. The molecule has 0 aliphatic heterocycles. The summed E-state index contributed by atoms with van der Waals surface area (Å²) in [5.41, 5.74) is 1.02. The first kappa shape index (κ1) is 28.3. The number of aromatic nitrogens is 3. The van der Waals surface area contributed by atoms with Gasteiger partial charge in [-0.25, -0.2) is 4.98 Å². The van der Waals surface area contributed by atoms with E-state index in [9.17, 15) is 10.2 Å². The van der Waals surface area contributed by atoms with Gasteiger partial charge in [-0.1, -0.05) is 119 Å². The summed E-state index contributed by atoms with van der Waals surface area (Å²) in [4.78, 5) is 14.1. The van der Waals surface area contributed by atoms with Crippen molar-refractivity contribution in [3.8, 4) is 40.3 Å². The Morgan fingerprint density at radius 2 is 1.07 bits per heavy atom. The molecular weight excluding hydrogens is 510 g/mol. The van der Waals surface area contributed by atoms with Crippen LogP contribution >= 0.6 is 0 Å². The summed E-state index contributed by atoms with van der Waals surface area (Å²) in [7, 11) is 0. The van der Waals surface area contributed by atoms with Gasteiger partial charge in [0.2, 0.25) is 0 Å². The van der Waals surface area contributed by atoms with Crippen LogP contribution in [0.5, 0.6) is 17.5 Å². The molecular formula is C35H39N3O3. The Labute approximate surface area is 242 Å². The van der Waals surface area contributed by atoms with Crippen LogP contribution in [0.2, 0.25) is 0 Å². The van der Waals surface area contributed by atoms with Crippen molar-refractivity contribution in [2.45, 2.75) is 71.1 Å². The van der Waals surface area contributed by atoms with Crippen molar-refractivity contribution in [1.29, 1.82) is 0 Å². The highest BCUT2D eigenvalue weighted by Crippen LogP contribution is 2.39. The number of aromatic hydroxyl groups is 2. The lowest BCUT2D eigenvalue weighted by atomic mass is 9.96. The molecule has 6 heteroatoms. The van der Waals surface area contributed by atoms with Crippen LogP contribution in [-0.2, 0) is 0 Å². The van der Waals surface area contributed by atoms with Crippen LogP contribution in [0.25, 0.3) is 44.3 Å². The third-order valence-electron chi connectivity index (χ3n) is 7.58. The van der Waals surface area contributed by atoms with Crippen molar-refractivity contribution in [3.63, 3.8) is 0 Å². The number of rotatable bonds is 14. The minimum Gasteiger partial charge on any atom is -0.507 e. The molecule has 5 rings (SSSR count). The van der Waals surface area contributed by atoms with E-state index in [1.807, 2.05) is 24.3 Å². The fourth-order valence-corrected chi connectivity index (χ4v) is 5.41. The molecule has 41 heavy (non-hydrogen) atoms. The summed E-state index contributed by atoms with van der Waals surface area (Å²) >= 11 is 0. The van der Waals surface area contributed by atoms with Gasteiger partial charge in [0.15, 0.2) is 11.6 Å². The van der Waals surface area contributed by atoms with Gasteiger partial charge in [0.05, 0.1) is 6.61 Å². The Morgan fingerprint density at radius 1 is 0.561 bits per heavy atom. The molecule has 0 saturated heterocycles. The predicted molar refractivity (Wildman–Crippen MR) is 166 cm³/mol. The van der Waals surface area contributed by atoms with Crippen molar-refractivity contribution in [3.05, 3.63) is 72.8 Å². The molecule has 212 valence electrons. The van der Waals surface area contributed by atoms with Crippen LogP contribution < -0.4 is 4.74 Å². The maximum Gasteiger partial charge on any atom is 0.320 e. The van der Waals surface area contributed by atoms with Gasteiger partial charge in [-0.05, 0) is 46.2 Å². The van der Waals surface area contributed by atoms with Gasteiger partial charge in [0, 0.05) is 5.56 Å². The van der Waals surface area contributed by atoms with Crippen molar-refractivity contribution in [1.82, 2.24) is 15.0 Å². The average molecular weight is 550 g/mol. The zero-order chi connectivity index (χ0) is 28.4. The summed E-state index contributed by atoms with van der Waals surface area (Å²) in [6, 6.07) is 23.2. The molecule has 0 atom stereocenters. The number of nitrogens with zero attached hydrogens (tertiary/aromatic N) is 3. The summed E-state index contributed by atoms with van der Waals surface area (Å²) in [5, 5.41) is 25.4. The average Bonchev–Trinajstić information content (AvgIpc) is 2.98. The standard InChI is InChI=1S/C35H39N3O3/c1-2-3-4-5-6-7-8-9-10-15-23-41-35-37-33(36-34(38-35)32-29(39)21-16-22-30(32)40)31-27-19-13-11-17-25(27)24-26-18-12-14-20-28(26)31/h11-14,16-22,24,39-40H,2-10,15,23H2,1H3. The van der Waals surface area contributed by atoms with E-state index in [1.54, 1.807) is 6.07 Å². The molecule has 0 saturated carbocycles. The van der Waals surface area contributed by atoms with Gasteiger partial charge in [-0.3, -0.25) is 0 Å². The molecule has 0 fully saturated rings. The van der Waals surface area contributed by atoms with Crippen LogP contribution in [0.3, 0.4) is 0 Å². The van der Waals surface area contributed by atoms with E-state index in [4.69, 9.17) is 14.7 Å². The van der Waals surface area contributed by atoms with Gasteiger partial charge >= 0.3 is 6.01 Å². The van der Waals surface area contributed by atoms with Gasteiger partial charge in [-0.15, -0.1) is 0 Å². The van der Waals surface area contributed by atoms with E-state index in [0.29, 0.717) is 12.4 Å². The maximum absolute atomic E-state index is 10.6. The number of hydrogen-bond acceptors (Lipinski definition) is 6. The molecule has 1 aromatic heterocycles. The lowest BCUT2D eigenvalue weighted by Crippen LogP contribution is -2.06. The Hall–Kier alpha value is -4.19. The van der Waals surface area contributed by atoms with Crippen LogP contribution in [0.1, 0.15) is 71.1 Å². The lowest BCUT2D eigenvalue weighted by molar-refractivity contribution is 0.281. The molecule has 0 spiro atoms. The van der Waals surface area contributed by atoms with Crippen LogP contribution in [-0.4, -0.2) is 31.8 Å². The van der Waals surface area contributed by atoms with Gasteiger partial charge in [-0.2, -0.15) is 9.97 Å². The Bertz CT molecular complexity index is 1530. The van der Waals surface area contributed by atoms with Crippen LogP contribution in [0.15, 0.2) is 72.8 Å². The summed E-state index contributed by atoms with van der Waals surface area (Å²) in [6.45, 7) is 2.74. The molecule has 2 N–H and O–H groups in total. The molecule has 0 aliphatic rings. The number of phenols is 2. The summed E-state index contributed by atoms with van der Waals surface area (Å²) in [5.74, 6) is 0.389. The molecule has 0 aliphatic carbocycles. The smallest absolute Gasteiger partial charge is 0.320 e. The van der Waals surface area contributed by atoms with E-state index in [1.165, 1.54) is 63.5 Å². The molecule has 0 bridgehead atoms. The topological polar surface area (TPSA) is 88.4 Å². The fourth-order valence-electron chi connectivity index (χ4n) is 5.41. The second kappa shape index (κ2) is 13.9. The van der Waals surface area contributed by atoms with Crippen molar-refractivity contribution in [2.75, 3.05) is 6.61 Å².